The number of fused-ring (bicyclic) bond motifs is 1. The van der Waals surface area contributed by atoms with Gasteiger partial charge in [0.1, 0.15) is 0 Å². The van der Waals surface area contributed by atoms with Crippen LogP contribution in [0, 0.1) is 6.92 Å². The summed E-state index contributed by atoms with van der Waals surface area (Å²) in [5.41, 5.74) is 3.23. The van der Waals surface area contributed by atoms with E-state index in [0.717, 1.165) is 24.1 Å². The molecule has 19 heavy (non-hydrogen) atoms. The number of nitrogens with one attached hydrogen (secondary N) is 1. The molecule has 4 nitrogen and oxygen atoms in total. The Bertz CT molecular complexity index is 502. The van der Waals surface area contributed by atoms with E-state index >= 15 is 0 Å². The minimum atomic E-state index is -0.361. The Morgan fingerprint density at radius 3 is 2.95 bits per heavy atom. The van der Waals surface area contributed by atoms with Crippen molar-refractivity contribution in [3.05, 3.63) is 29.3 Å². The van der Waals surface area contributed by atoms with Crippen molar-refractivity contribution in [3.63, 3.8) is 0 Å². The Labute approximate surface area is 117 Å². The average molecular weight is 281 g/mol. The summed E-state index contributed by atoms with van der Waals surface area (Å²) >= 11 is 5.48. The molecule has 0 saturated carbocycles. The van der Waals surface area contributed by atoms with E-state index in [4.69, 9.17) is 11.6 Å². The van der Waals surface area contributed by atoms with Gasteiger partial charge in [0, 0.05) is 24.5 Å². The topological polar surface area (TPSA) is 49.4 Å². The van der Waals surface area contributed by atoms with Gasteiger partial charge in [-0.3, -0.25) is 15.0 Å². The largest absolute Gasteiger partial charge is 0.328 e. The minimum absolute atomic E-state index is 0.155. The fourth-order valence-corrected chi connectivity index (χ4v) is 2.44. The number of aryl methyl sites for hydroxylation is 2. The lowest BCUT2D eigenvalue weighted by Crippen LogP contribution is -2.45. The van der Waals surface area contributed by atoms with Crippen molar-refractivity contribution in [2.75, 3.05) is 17.3 Å². The van der Waals surface area contributed by atoms with Crippen LogP contribution in [0.25, 0.3) is 0 Å². The van der Waals surface area contributed by atoms with E-state index in [-0.39, 0.29) is 24.2 Å². The molecule has 0 atom stereocenters. The highest BCUT2D eigenvalue weighted by molar-refractivity contribution is 6.19. The van der Waals surface area contributed by atoms with Gasteiger partial charge >= 0.3 is 6.03 Å². The van der Waals surface area contributed by atoms with Crippen molar-refractivity contribution < 1.29 is 9.59 Å². The predicted molar refractivity (Wildman–Crippen MR) is 75.7 cm³/mol. The third kappa shape index (κ3) is 3.26. The number of amides is 3. The zero-order valence-corrected chi connectivity index (χ0v) is 11.7. The van der Waals surface area contributed by atoms with E-state index in [0.29, 0.717) is 6.54 Å². The Morgan fingerprint density at radius 1 is 1.42 bits per heavy atom. The number of nitrogens with zero attached hydrogens (tertiary/aromatic N) is 1. The van der Waals surface area contributed by atoms with Crippen LogP contribution in [0.2, 0.25) is 0 Å². The Balaban J connectivity index is 2.14. The molecular formula is C14H17ClN2O2. The highest BCUT2D eigenvalue weighted by Crippen LogP contribution is 2.27. The number of carbonyl (C=O) groups excluding carboxylic acids is 2. The molecule has 1 aliphatic rings. The third-order valence-corrected chi connectivity index (χ3v) is 3.36. The molecule has 3 amide bonds. The fraction of sp³-hybridized carbons (Fsp3) is 0.429. The number of rotatable bonds is 2. The Hall–Kier alpha value is -1.55. The second-order valence-corrected chi connectivity index (χ2v) is 5.06. The number of imide groups is 1. The third-order valence-electron chi connectivity index (χ3n) is 3.17. The first kappa shape index (κ1) is 13.9. The summed E-state index contributed by atoms with van der Waals surface area (Å²) in [5.74, 6) is -0.117. The van der Waals surface area contributed by atoms with E-state index in [1.807, 2.05) is 19.1 Å². The first-order chi connectivity index (χ1) is 9.11. The number of hydrogen-bond donors (Lipinski definition) is 1. The molecule has 1 heterocycles. The molecular weight excluding hydrogens is 264 g/mol. The Morgan fingerprint density at radius 2 is 2.21 bits per heavy atom. The standard InChI is InChI=1S/C14H17ClN2O2/c1-10-4-5-12-11(9-10)3-2-8-17(12)14(19)16-13(18)6-7-15/h4-5,9H,2-3,6-8H2,1H3,(H,16,18,19). The van der Waals surface area contributed by atoms with Gasteiger partial charge in [0.25, 0.3) is 0 Å². The van der Waals surface area contributed by atoms with Gasteiger partial charge in [-0.2, -0.15) is 0 Å². The molecule has 1 aliphatic heterocycles. The van der Waals surface area contributed by atoms with Crippen LogP contribution in [0.5, 0.6) is 0 Å². The number of anilines is 1. The maximum atomic E-state index is 12.1. The van der Waals surface area contributed by atoms with Crippen LogP contribution >= 0.6 is 11.6 Å². The van der Waals surface area contributed by atoms with E-state index < -0.39 is 0 Å². The first-order valence-electron chi connectivity index (χ1n) is 6.38. The molecule has 5 heteroatoms. The number of alkyl halides is 1. The highest BCUT2D eigenvalue weighted by Gasteiger charge is 2.23. The van der Waals surface area contributed by atoms with Gasteiger partial charge in [0.05, 0.1) is 0 Å². The second-order valence-electron chi connectivity index (χ2n) is 4.68. The molecule has 0 fully saturated rings. The normalized spacial score (nSPS) is 13.9. The minimum Gasteiger partial charge on any atom is -0.294 e. The van der Waals surface area contributed by atoms with Crippen molar-refractivity contribution in [2.45, 2.75) is 26.2 Å². The fourth-order valence-electron chi connectivity index (χ4n) is 2.27. The van der Waals surface area contributed by atoms with E-state index in [1.165, 1.54) is 5.56 Å². The predicted octanol–water partition coefficient (Wildman–Crippen LogP) is 2.61. The lowest BCUT2D eigenvalue weighted by atomic mass is 10.00. The molecule has 0 bridgehead atoms. The van der Waals surface area contributed by atoms with Crippen molar-refractivity contribution in [2.24, 2.45) is 0 Å². The molecule has 1 aromatic rings. The van der Waals surface area contributed by atoms with Gasteiger partial charge in [0.2, 0.25) is 5.91 Å². The quantitative estimate of drug-likeness (QED) is 0.847. The smallest absolute Gasteiger partial charge is 0.294 e. The van der Waals surface area contributed by atoms with Crippen molar-refractivity contribution in [1.29, 1.82) is 0 Å². The lowest BCUT2D eigenvalue weighted by Gasteiger charge is -2.29. The van der Waals surface area contributed by atoms with E-state index in [2.05, 4.69) is 11.4 Å². The van der Waals surface area contributed by atoms with Crippen LogP contribution in [0.4, 0.5) is 10.5 Å². The zero-order valence-electron chi connectivity index (χ0n) is 10.9. The summed E-state index contributed by atoms with van der Waals surface area (Å²) in [4.78, 5) is 25.1. The number of urea groups is 1. The number of hydrogen-bond acceptors (Lipinski definition) is 2. The summed E-state index contributed by atoms with van der Waals surface area (Å²) < 4.78 is 0. The van der Waals surface area contributed by atoms with Crippen LogP contribution in [0.15, 0.2) is 18.2 Å². The summed E-state index contributed by atoms with van der Waals surface area (Å²) in [6.45, 7) is 2.67. The van der Waals surface area contributed by atoms with Gasteiger partial charge < -0.3 is 0 Å². The van der Waals surface area contributed by atoms with Crippen molar-refractivity contribution in [3.8, 4) is 0 Å². The number of halogens is 1. The molecule has 0 radical (unpaired) electrons. The van der Waals surface area contributed by atoms with Gasteiger partial charge in [-0.05, 0) is 31.4 Å². The molecule has 1 aromatic carbocycles. The molecule has 0 spiro atoms. The molecule has 0 aliphatic carbocycles. The SMILES string of the molecule is Cc1ccc2c(c1)CCCN2C(=O)NC(=O)CCCl. The van der Waals surface area contributed by atoms with Gasteiger partial charge in [-0.1, -0.05) is 17.7 Å². The molecule has 0 aromatic heterocycles. The summed E-state index contributed by atoms with van der Waals surface area (Å²) in [6.07, 6.45) is 2.03. The van der Waals surface area contributed by atoms with Gasteiger partial charge in [0.15, 0.2) is 0 Å². The monoisotopic (exact) mass is 280 g/mol. The molecule has 0 saturated heterocycles. The maximum absolute atomic E-state index is 12.1. The molecule has 0 unspecified atom stereocenters. The average Bonchev–Trinajstić information content (AvgIpc) is 2.37. The summed E-state index contributed by atoms with van der Waals surface area (Å²) in [5, 5.41) is 2.37. The first-order valence-corrected chi connectivity index (χ1v) is 6.92. The van der Waals surface area contributed by atoms with E-state index in [9.17, 15) is 9.59 Å². The zero-order chi connectivity index (χ0) is 13.8. The maximum Gasteiger partial charge on any atom is 0.328 e. The summed E-state index contributed by atoms with van der Waals surface area (Å²) in [7, 11) is 0. The summed E-state index contributed by atoms with van der Waals surface area (Å²) in [6, 6.07) is 5.65. The lowest BCUT2D eigenvalue weighted by molar-refractivity contribution is -0.119. The second kappa shape index (κ2) is 6.06. The number of benzene rings is 1. The highest BCUT2D eigenvalue weighted by atomic mass is 35.5. The van der Waals surface area contributed by atoms with Crippen molar-refractivity contribution >= 4 is 29.2 Å². The van der Waals surface area contributed by atoms with Crippen LogP contribution in [-0.2, 0) is 11.2 Å². The molecule has 2 rings (SSSR count). The van der Waals surface area contributed by atoms with Gasteiger partial charge in [-0.25, -0.2) is 4.79 Å². The van der Waals surface area contributed by atoms with Crippen LogP contribution < -0.4 is 10.2 Å². The molecule has 1 N–H and O–H groups in total. The van der Waals surface area contributed by atoms with Crippen LogP contribution in [-0.4, -0.2) is 24.4 Å². The van der Waals surface area contributed by atoms with Gasteiger partial charge in [-0.15, -0.1) is 11.6 Å². The molecule has 102 valence electrons. The number of carbonyl (C=O) groups is 2. The Kier molecular flexibility index (Phi) is 4.43. The van der Waals surface area contributed by atoms with Crippen LogP contribution in [0.3, 0.4) is 0 Å². The van der Waals surface area contributed by atoms with Crippen molar-refractivity contribution in [1.82, 2.24) is 5.32 Å². The van der Waals surface area contributed by atoms with Crippen LogP contribution in [0.1, 0.15) is 24.0 Å². The van der Waals surface area contributed by atoms with E-state index in [1.54, 1.807) is 4.90 Å².